The Morgan fingerprint density at radius 1 is 1.19 bits per heavy atom. The van der Waals surface area contributed by atoms with Crippen molar-refractivity contribution in [3.05, 3.63) is 82.9 Å². The number of rotatable bonds is 7. The molecular weight excluding hydrogens is 475 g/mol. The fourth-order valence-electron chi connectivity index (χ4n) is 2.99. The summed E-state index contributed by atoms with van der Waals surface area (Å²) in [5.41, 5.74) is 1.61. The Hall–Kier alpha value is -2.38. The zero-order valence-electron chi connectivity index (χ0n) is 16.3. The second kappa shape index (κ2) is 10.8. The highest BCUT2D eigenvalue weighted by atomic mass is 35.5. The van der Waals surface area contributed by atoms with Crippen LogP contribution in [0.3, 0.4) is 0 Å². The number of aromatic nitrogens is 3. The molecule has 0 aliphatic carbocycles. The maximum atomic E-state index is 13.1. The summed E-state index contributed by atoms with van der Waals surface area (Å²) in [4.78, 5) is 23.5. The molecule has 4 aromatic rings. The predicted octanol–water partition coefficient (Wildman–Crippen LogP) is 6.36. The van der Waals surface area contributed by atoms with E-state index < -0.39 is 0 Å². The average Bonchev–Trinajstić information content (AvgIpc) is 3.39. The third-order valence-corrected chi connectivity index (χ3v) is 6.12. The van der Waals surface area contributed by atoms with Gasteiger partial charge in [0.25, 0.3) is 5.91 Å². The standard InChI is InChI=1S/C22H18Cl2N4OS.ClH/c23-17-7-8-19-20(14-17)30-22(26-19)28(12-3-11-27-13-10-25-15-27)21(29)9-6-16-4-1-2-5-18(16)24;/h1-2,4-10,13-15H,3,11-12H2;1H/b9-6+;. The van der Waals surface area contributed by atoms with Gasteiger partial charge in [-0.3, -0.25) is 9.69 Å². The van der Waals surface area contributed by atoms with Crippen LogP contribution in [0.25, 0.3) is 16.3 Å². The minimum Gasteiger partial charge on any atom is -0.337 e. The van der Waals surface area contributed by atoms with E-state index in [4.69, 9.17) is 23.2 Å². The van der Waals surface area contributed by atoms with Crippen LogP contribution in [-0.4, -0.2) is 27.0 Å². The lowest BCUT2D eigenvalue weighted by atomic mass is 10.2. The van der Waals surface area contributed by atoms with Crippen LogP contribution in [-0.2, 0) is 11.3 Å². The molecule has 0 spiro atoms. The lowest BCUT2D eigenvalue weighted by Crippen LogP contribution is -2.30. The first-order chi connectivity index (χ1) is 14.6. The number of imidazole rings is 1. The van der Waals surface area contributed by atoms with E-state index in [0.717, 1.165) is 28.7 Å². The average molecular weight is 494 g/mol. The van der Waals surface area contributed by atoms with E-state index in [2.05, 4.69) is 9.97 Å². The summed E-state index contributed by atoms with van der Waals surface area (Å²) in [6.45, 7) is 1.28. The summed E-state index contributed by atoms with van der Waals surface area (Å²) in [6, 6.07) is 12.9. The van der Waals surface area contributed by atoms with Crippen LogP contribution in [0.5, 0.6) is 0 Å². The summed E-state index contributed by atoms with van der Waals surface area (Å²) in [7, 11) is 0. The van der Waals surface area contributed by atoms with Gasteiger partial charge in [0.05, 0.1) is 16.5 Å². The van der Waals surface area contributed by atoms with E-state index in [1.807, 2.05) is 41.1 Å². The van der Waals surface area contributed by atoms with E-state index in [1.54, 1.807) is 35.6 Å². The van der Waals surface area contributed by atoms with E-state index in [9.17, 15) is 4.79 Å². The van der Waals surface area contributed by atoms with Crippen molar-refractivity contribution in [2.24, 2.45) is 0 Å². The number of anilines is 1. The van der Waals surface area contributed by atoms with Gasteiger partial charge in [-0.15, -0.1) is 12.4 Å². The van der Waals surface area contributed by atoms with E-state index in [-0.39, 0.29) is 18.3 Å². The second-order valence-corrected chi connectivity index (χ2v) is 8.46. The SMILES string of the molecule is Cl.O=C(/C=C/c1ccccc1Cl)N(CCCn1ccnc1)c1nc2ccc(Cl)cc2s1. The molecule has 0 bridgehead atoms. The highest BCUT2D eigenvalue weighted by Gasteiger charge is 2.18. The van der Waals surface area contributed by atoms with Crippen LogP contribution in [0.15, 0.2) is 67.3 Å². The van der Waals surface area contributed by atoms with Gasteiger partial charge in [-0.05, 0) is 42.3 Å². The Balaban J connectivity index is 0.00000272. The summed E-state index contributed by atoms with van der Waals surface area (Å²) in [5.74, 6) is -0.147. The number of thiazole rings is 1. The fraction of sp³-hybridized carbons (Fsp3) is 0.136. The van der Waals surface area contributed by atoms with Crippen LogP contribution in [0.1, 0.15) is 12.0 Å². The van der Waals surface area contributed by atoms with Crippen molar-refractivity contribution >= 4 is 74.3 Å². The number of hydrogen-bond donors (Lipinski definition) is 0. The van der Waals surface area contributed by atoms with Crippen molar-refractivity contribution in [1.29, 1.82) is 0 Å². The molecule has 0 saturated carbocycles. The fourth-order valence-corrected chi connectivity index (χ4v) is 4.47. The molecule has 0 aliphatic heterocycles. The summed E-state index contributed by atoms with van der Waals surface area (Å²) < 4.78 is 2.93. The highest BCUT2D eigenvalue weighted by molar-refractivity contribution is 7.22. The number of halogens is 3. The van der Waals surface area contributed by atoms with E-state index in [1.165, 1.54) is 17.4 Å². The molecule has 0 fully saturated rings. The smallest absolute Gasteiger partial charge is 0.252 e. The first-order valence-electron chi connectivity index (χ1n) is 9.36. The number of carbonyl (C=O) groups is 1. The minimum absolute atomic E-state index is 0. The molecule has 0 saturated heterocycles. The molecule has 160 valence electrons. The zero-order valence-corrected chi connectivity index (χ0v) is 19.5. The van der Waals surface area contributed by atoms with Gasteiger partial charge in [-0.2, -0.15) is 0 Å². The number of fused-ring (bicyclic) bond motifs is 1. The number of hydrogen-bond acceptors (Lipinski definition) is 4. The Bertz CT molecular complexity index is 1190. The van der Waals surface area contributed by atoms with Crippen molar-refractivity contribution < 1.29 is 4.79 Å². The molecule has 2 aromatic carbocycles. The van der Waals surface area contributed by atoms with Gasteiger partial charge < -0.3 is 4.57 Å². The van der Waals surface area contributed by atoms with Crippen molar-refractivity contribution in [3.63, 3.8) is 0 Å². The first kappa shape index (κ1) is 23.3. The normalized spacial score (nSPS) is 11.0. The Morgan fingerprint density at radius 2 is 2.03 bits per heavy atom. The van der Waals surface area contributed by atoms with E-state index >= 15 is 0 Å². The van der Waals surface area contributed by atoms with Gasteiger partial charge in [-0.1, -0.05) is 52.7 Å². The molecule has 9 heteroatoms. The van der Waals surface area contributed by atoms with Gasteiger partial charge >= 0.3 is 0 Å². The third kappa shape index (κ3) is 5.86. The van der Waals surface area contributed by atoms with E-state index in [0.29, 0.717) is 21.7 Å². The largest absolute Gasteiger partial charge is 0.337 e. The summed E-state index contributed by atoms with van der Waals surface area (Å²) in [6.07, 6.45) is 9.45. The predicted molar refractivity (Wildman–Crippen MR) is 132 cm³/mol. The molecule has 0 unspecified atom stereocenters. The van der Waals surface area contributed by atoms with Crippen LogP contribution in [0, 0.1) is 0 Å². The second-order valence-electron chi connectivity index (χ2n) is 6.61. The Kier molecular flexibility index (Phi) is 8.09. The highest BCUT2D eigenvalue weighted by Crippen LogP contribution is 2.31. The van der Waals surface area contributed by atoms with Gasteiger partial charge in [0, 0.05) is 41.6 Å². The van der Waals surface area contributed by atoms with Crippen LogP contribution in [0.4, 0.5) is 5.13 Å². The van der Waals surface area contributed by atoms with Crippen molar-refractivity contribution in [2.45, 2.75) is 13.0 Å². The molecule has 0 aliphatic rings. The number of aryl methyl sites for hydroxylation is 1. The lowest BCUT2D eigenvalue weighted by Gasteiger charge is -2.18. The topological polar surface area (TPSA) is 51.0 Å². The van der Waals surface area contributed by atoms with Crippen LogP contribution in [0.2, 0.25) is 10.0 Å². The third-order valence-electron chi connectivity index (χ3n) is 4.50. The first-order valence-corrected chi connectivity index (χ1v) is 10.9. The quantitative estimate of drug-likeness (QED) is 0.282. The number of carbonyl (C=O) groups excluding carboxylic acids is 1. The minimum atomic E-state index is -0.147. The molecule has 2 heterocycles. The van der Waals surface area contributed by atoms with Crippen molar-refractivity contribution in [3.8, 4) is 0 Å². The molecule has 31 heavy (non-hydrogen) atoms. The molecule has 0 radical (unpaired) electrons. The number of benzene rings is 2. The molecule has 5 nitrogen and oxygen atoms in total. The van der Waals surface area contributed by atoms with Gasteiger partial charge in [0.2, 0.25) is 0 Å². The summed E-state index contributed by atoms with van der Waals surface area (Å²) in [5, 5.41) is 1.89. The molecule has 2 aromatic heterocycles. The van der Waals surface area contributed by atoms with Crippen LogP contribution >= 0.6 is 46.9 Å². The molecular formula is C22H19Cl3N4OS. The molecule has 0 atom stereocenters. The van der Waals surface area contributed by atoms with Gasteiger partial charge in [0.15, 0.2) is 5.13 Å². The number of nitrogens with zero attached hydrogens (tertiary/aromatic N) is 4. The van der Waals surface area contributed by atoms with Crippen LogP contribution < -0.4 is 4.90 Å². The summed E-state index contributed by atoms with van der Waals surface area (Å²) >= 11 is 13.8. The van der Waals surface area contributed by atoms with Gasteiger partial charge in [-0.25, -0.2) is 9.97 Å². The maximum absolute atomic E-state index is 13.1. The maximum Gasteiger partial charge on any atom is 0.252 e. The Labute approximate surface area is 200 Å². The van der Waals surface area contributed by atoms with Crippen molar-refractivity contribution in [2.75, 3.05) is 11.4 Å². The Morgan fingerprint density at radius 3 is 2.81 bits per heavy atom. The molecule has 1 amide bonds. The van der Waals surface area contributed by atoms with Crippen molar-refractivity contribution in [1.82, 2.24) is 14.5 Å². The molecule has 4 rings (SSSR count). The monoisotopic (exact) mass is 492 g/mol. The molecule has 0 N–H and O–H groups in total. The van der Waals surface area contributed by atoms with Gasteiger partial charge in [0.1, 0.15) is 0 Å². The lowest BCUT2D eigenvalue weighted by molar-refractivity contribution is -0.114. The zero-order chi connectivity index (χ0) is 20.9. The number of amides is 1.